The van der Waals surface area contributed by atoms with Crippen LogP contribution in [0.5, 0.6) is 5.75 Å². The molecule has 2 aromatic carbocycles. The summed E-state index contributed by atoms with van der Waals surface area (Å²) in [6, 6.07) is 15.1. The van der Waals surface area contributed by atoms with E-state index < -0.39 is 11.9 Å². The molecule has 1 heterocycles. The lowest BCUT2D eigenvalue weighted by Crippen LogP contribution is -2.45. The van der Waals surface area contributed by atoms with Crippen LogP contribution in [-0.2, 0) is 21.0 Å². The van der Waals surface area contributed by atoms with Crippen LogP contribution in [0, 0.1) is 10.8 Å². The van der Waals surface area contributed by atoms with E-state index in [1.807, 2.05) is 53.4 Å². The molecule has 0 radical (unpaired) electrons. The van der Waals surface area contributed by atoms with Gasteiger partial charge in [0.05, 0.1) is 6.42 Å². The molecule has 7 heteroatoms. The summed E-state index contributed by atoms with van der Waals surface area (Å²) in [6.45, 7) is 8.88. The van der Waals surface area contributed by atoms with Gasteiger partial charge in [-0.15, -0.1) is 0 Å². The number of benzene rings is 2. The highest BCUT2D eigenvalue weighted by Crippen LogP contribution is 2.54. The Morgan fingerprint density at radius 3 is 2.05 bits per heavy atom. The first-order chi connectivity index (χ1) is 18.8. The number of aliphatic carboxylic acids is 1. The Kier molecular flexibility index (Phi) is 7.43. The van der Waals surface area contributed by atoms with Crippen LogP contribution in [0.3, 0.4) is 0 Å². The van der Waals surface area contributed by atoms with E-state index in [4.69, 9.17) is 16.3 Å². The Morgan fingerprint density at radius 1 is 0.925 bits per heavy atom. The number of carboxylic acid groups (broad SMARTS) is 1. The van der Waals surface area contributed by atoms with E-state index in [1.54, 1.807) is 0 Å². The van der Waals surface area contributed by atoms with Gasteiger partial charge in [-0.25, -0.2) is 0 Å². The Bertz CT molecular complexity index is 1380. The van der Waals surface area contributed by atoms with Crippen molar-refractivity contribution in [3.8, 4) is 5.75 Å². The minimum atomic E-state index is -0.903. The summed E-state index contributed by atoms with van der Waals surface area (Å²) in [4.78, 5) is 41.4. The minimum Gasteiger partial charge on any atom is -0.489 e. The Morgan fingerprint density at radius 2 is 1.50 bits per heavy atom. The van der Waals surface area contributed by atoms with Gasteiger partial charge in [-0.05, 0) is 59.1 Å². The summed E-state index contributed by atoms with van der Waals surface area (Å²) < 4.78 is 6.12. The van der Waals surface area contributed by atoms with Crippen molar-refractivity contribution in [2.24, 2.45) is 10.8 Å². The number of ketones is 2. The molecule has 0 amide bonds. The number of allylic oxidation sites excluding steroid dienone is 4. The van der Waals surface area contributed by atoms with Gasteiger partial charge in [0.25, 0.3) is 0 Å². The summed E-state index contributed by atoms with van der Waals surface area (Å²) in [5, 5.41) is 10.2. The van der Waals surface area contributed by atoms with Crippen molar-refractivity contribution in [2.45, 2.75) is 72.3 Å². The Hall–Kier alpha value is -3.38. The van der Waals surface area contributed by atoms with Crippen LogP contribution in [0.2, 0.25) is 5.02 Å². The van der Waals surface area contributed by atoms with Crippen molar-refractivity contribution in [2.75, 3.05) is 6.54 Å². The fourth-order valence-electron chi connectivity index (χ4n) is 6.39. The van der Waals surface area contributed by atoms with Gasteiger partial charge in [-0.1, -0.05) is 63.6 Å². The number of ether oxygens (including phenoxy) is 1. The van der Waals surface area contributed by atoms with Crippen LogP contribution in [0.15, 0.2) is 71.1 Å². The molecule has 0 atom stereocenters. The number of carboxylic acids is 1. The molecule has 0 spiro atoms. The number of nitrogens with zero attached hydrogens (tertiary/aromatic N) is 1. The minimum absolute atomic E-state index is 0.0215. The molecule has 1 aliphatic heterocycles. The Labute approximate surface area is 240 Å². The molecule has 2 aromatic rings. The van der Waals surface area contributed by atoms with E-state index in [9.17, 15) is 19.5 Å². The highest BCUT2D eigenvalue weighted by molar-refractivity contribution is 6.30. The third-order valence-electron chi connectivity index (χ3n) is 8.08. The fraction of sp³-hybridized carbons (Fsp3) is 0.424. The van der Waals surface area contributed by atoms with Crippen LogP contribution < -0.4 is 4.74 Å². The van der Waals surface area contributed by atoms with E-state index in [2.05, 4.69) is 27.7 Å². The third-order valence-corrected chi connectivity index (χ3v) is 8.33. The van der Waals surface area contributed by atoms with Crippen LogP contribution in [-0.4, -0.2) is 34.1 Å². The second-order valence-electron chi connectivity index (χ2n) is 12.8. The van der Waals surface area contributed by atoms with Crippen LogP contribution >= 0.6 is 11.6 Å². The largest absolute Gasteiger partial charge is 0.489 e. The number of rotatable bonds is 7. The van der Waals surface area contributed by atoms with Crippen LogP contribution in [0.25, 0.3) is 0 Å². The van der Waals surface area contributed by atoms with E-state index >= 15 is 0 Å². The lowest BCUT2D eigenvalue weighted by molar-refractivity contribution is -0.137. The Balaban J connectivity index is 1.61. The monoisotopic (exact) mass is 561 g/mol. The number of carbonyl (C=O) groups excluding carboxylic acids is 2. The smallest absolute Gasteiger partial charge is 0.305 e. The molecule has 6 nitrogen and oxygen atoms in total. The quantitative estimate of drug-likeness (QED) is 0.389. The second-order valence-corrected chi connectivity index (χ2v) is 13.3. The molecule has 5 rings (SSSR count). The third kappa shape index (κ3) is 5.73. The number of hydrogen-bond donors (Lipinski definition) is 1. The highest BCUT2D eigenvalue weighted by Gasteiger charge is 2.49. The van der Waals surface area contributed by atoms with E-state index in [0.29, 0.717) is 54.2 Å². The van der Waals surface area contributed by atoms with Crippen molar-refractivity contribution in [3.63, 3.8) is 0 Å². The van der Waals surface area contributed by atoms with Gasteiger partial charge < -0.3 is 14.7 Å². The maximum atomic E-state index is 13.9. The van der Waals surface area contributed by atoms with Crippen molar-refractivity contribution in [3.05, 3.63) is 87.2 Å². The molecule has 0 unspecified atom stereocenters. The molecule has 0 bridgehead atoms. The SMILES string of the molecule is CC1(C)CC(=O)C2=C(C1)N(CCC(=O)O)C1=C(C(=O)CC(C)(C)C1)C2c1cccc(OCc2ccc(Cl)cc2)c1. The average Bonchev–Trinajstić information content (AvgIpc) is 2.85. The summed E-state index contributed by atoms with van der Waals surface area (Å²) in [7, 11) is 0. The molecule has 0 saturated heterocycles. The first-order valence-electron chi connectivity index (χ1n) is 13.8. The first-order valence-corrected chi connectivity index (χ1v) is 14.2. The molecular weight excluding hydrogens is 526 g/mol. The number of hydrogen-bond acceptors (Lipinski definition) is 5. The molecule has 210 valence electrons. The van der Waals surface area contributed by atoms with Crippen molar-refractivity contribution < 1.29 is 24.2 Å². The van der Waals surface area contributed by atoms with Gasteiger partial charge in [0.2, 0.25) is 0 Å². The van der Waals surface area contributed by atoms with E-state index in [0.717, 1.165) is 22.5 Å². The summed E-state index contributed by atoms with van der Waals surface area (Å²) in [5.74, 6) is -0.712. The standard InChI is InChI=1S/C33H36ClNO5/c1-32(2)15-24-30(26(36)17-32)29(21-6-5-7-23(14-21)40-19-20-8-10-22(34)11-9-20)31-25(35(24)13-12-28(38)39)16-33(3,4)18-27(31)37/h5-11,14,29H,12-13,15-19H2,1-4H3,(H,38,39). The van der Waals surface area contributed by atoms with Gasteiger partial charge in [0.1, 0.15) is 12.4 Å². The predicted molar refractivity (Wildman–Crippen MR) is 154 cm³/mol. The van der Waals surface area contributed by atoms with Gasteiger partial charge in [0.15, 0.2) is 11.6 Å². The first kappa shape index (κ1) is 28.2. The van der Waals surface area contributed by atoms with E-state index in [1.165, 1.54) is 0 Å². The molecule has 0 fully saturated rings. The molecule has 0 aromatic heterocycles. The fourth-order valence-corrected chi connectivity index (χ4v) is 6.52. The van der Waals surface area contributed by atoms with Crippen LogP contribution in [0.1, 0.15) is 76.8 Å². The predicted octanol–water partition coefficient (Wildman–Crippen LogP) is 7.08. The second kappa shape index (κ2) is 10.5. The topological polar surface area (TPSA) is 83.9 Å². The maximum absolute atomic E-state index is 13.9. The van der Waals surface area contributed by atoms with Crippen LogP contribution in [0.4, 0.5) is 0 Å². The lowest BCUT2D eigenvalue weighted by atomic mass is 9.63. The average molecular weight is 562 g/mol. The van der Waals surface area contributed by atoms with E-state index in [-0.39, 0.29) is 35.4 Å². The molecule has 3 aliphatic rings. The molecule has 40 heavy (non-hydrogen) atoms. The summed E-state index contributed by atoms with van der Waals surface area (Å²) in [6.07, 6.45) is 1.97. The van der Waals surface area contributed by atoms with Gasteiger partial charge in [0, 0.05) is 52.9 Å². The van der Waals surface area contributed by atoms with Gasteiger partial charge in [-0.3, -0.25) is 14.4 Å². The molecule has 2 aliphatic carbocycles. The lowest BCUT2D eigenvalue weighted by Gasteiger charge is -2.49. The zero-order valence-corrected chi connectivity index (χ0v) is 24.3. The highest BCUT2D eigenvalue weighted by atomic mass is 35.5. The normalized spacial score (nSPS) is 20.4. The number of carbonyl (C=O) groups is 3. The molecule has 1 N–H and O–H groups in total. The van der Waals surface area contributed by atoms with Crippen molar-refractivity contribution in [1.82, 2.24) is 4.90 Å². The maximum Gasteiger partial charge on any atom is 0.305 e. The summed E-state index contributed by atoms with van der Waals surface area (Å²) in [5.41, 5.74) is 4.28. The van der Waals surface area contributed by atoms with Gasteiger partial charge in [-0.2, -0.15) is 0 Å². The zero-order chi connectivity index (χ0) is 28.8. The molecular formula is C33H36ClNO5. The van der Waals surface area contributed by atoms with Crippen molar-refractivity contribution in [1.29, 1.82) is 0 Å². The number of halogens is 1. The molecule has 0 saturated carbocycles. The zero-order valence-electron chi connectivity index (χ0n) is 23.6. The summed E-state index contributed by atoms with van der Waals surface area (Å²) >= 11 is 6.01. The number of Topliss-reactive ketones (excluding diaryl/α,β-unsaturated/α-hetero) is 2. The van der Waals surface area contributed by atoms with Crippen molar-refractivity contribution >= 4 is 29.1 Å². The van der Waals surface area contributed by atoms with Gasteiger partial charge >= 0.3 is 5.97 Å².